The van der Waals surface area contributed by atoms with Gasteiger partial charge in [-0.05, 0) is 43.7 Å². The summed E-state index contributed by atoms with van der Waals surface area (Å²) in [5.41, 5.74) is 1.05. The maximum atomic E-state index is 13.8. The fourth-order valence-electron chi connectivity index (χ4n) is 3.56. The molecule has 1 heterocycles. The zero-order chi connectivity index (χ0) is 12.7. The van der Waals surface area contributed by atoms with E-state index < -0.39 is 5.82 Å². The third-order valence-electron chi connectivity index (χ3n) is 4.41. The van der Waals surface area contributed by atoms with Crippen LogP contribution in [0.2, 0.25) is 0 Å². The molecule has 0 spiro atoms. The summed E-state index contributed by atoms with van der Waals surface area (Å²) < 4.78 is 13.8. The molecule has 3 heteroatoms. The predicted octanol–water partition coefficient (Wildman–Crippen LogP) is 3.26. The minimum atomic E-state index is -0.392. The first-order valence-corrected chi connectivity index (χ1v) is 6.71. The molecule has 0 radical (unpaired) electrons. The predicted molar refractivity (Wildman–Crippen MR) is 69.4 cm³/mol. The van der Waals surface area contributed by atoms with E-state index in [1.54, 1.807) is 6.07 Å². The van der Waals surface area contributed by atoms with Gasteiger partial charge in [0, 0.05) is 13.1 Å². The quantitative estimate of drug-likeness (QED) is 0.748. The van der Waals surface area contributed by atoms with Gasteiger partial charge in [-0.2, -0.15) is 0 Å². The second-order valence-electron chi connectivity index (χ2n) is 5.55. The number of carbonyl (C=O) groups is 1. The maximum Gasteiger partial charge on any atom is 0.164 e. The summed E-state index contributed by atoms with van der Waals surface area (Å²) in [6, 6.07) is 4.95. The molecule has 2 fully saturated rings. The highest BCUT2D eigenvalue weighted by molar-refractivity contribution is 6.00. The highest BCUT2D eigenvalue weighted by atomic mass is 19.1. The molecular formula is C15H18FNO. The van der Waals surface area contributed by atoms with Crippen molar-refractivity contribution in [2.75, 3.05) is 18.0 Å². The lowest BCUT2D eigenvalue weighted by molar-refractivity contribution is 0.101. The van der Waals surface area contributed by atoms with E-state index >= 15 is 0 Å². The number of nitrogens with zero attached hydrogens (tertiary/aromatic N) is 1. The van der Waals surface area contributed by atoms with Crippen molar-refractivity contribution in [2.24, 2.45) is 11.8 Å². The van der Waals surface area contributed by atoms with Gasteiger partial charge in [0.15, 0.2) is 5.78 Å². The van der Waals surface area contributed by atoms with E-state index in [0.29, 0.717) is 0 Å². The Morgan fingerprint density at radius 1 is 1.28 bits per heavy atom. The lowest BCUT2D eigenvalue weighted by Crippen LogP contribution is -2.23. The van der Waals surface area contributed by atoms with E-state index in [1.807, 2.05) is 6.07 Å². The van der Waals surface area contributed by atoms with E-state index in [-0.39, 0.29) is 11.3 Å². The minimum absolute atomic E-state index is 0.180. The molecule has 18 heavy (non-hydrogen) atoms. The van der Waals surface area contributed by atoms with Gasteiger partial charge in [-0.25, -0.2) is 4.39 Å². The molecule has 1 aromatic rings. The molecule has 1 aliphatic heterocycles. The number of rotatable bonds is 2. The monoisotopic (exact) mass is 247 g/mol. The smallest absolute Gasteiger partial charge is 0.164 e. The Balaban J connectivity index is 1.93. The zero-order valence-corrected chi connectivity index (χ0v) is 10.7. The number of anilines is 1. The van der Waals surface area contributed by atoms with Gasteiger partial charge in [0.05, 0.1) is 11.3 Å². The molecule has 1 saturated carbocycles. The Morgan fingerprint density at radius 2 is 1.94 bits per heavy atom. The summed E-state index contributed by atoms with van der Waals surface area (Å²) in [5, 5.41) is 0. The zero-order valence-electron chi connectivity index (χ0n) is 10.7. The molecular weight excluding hydrogens is 229 g/mol. The molecule has 1 aliphatic carbocycles. The van der Waals surface area contributed by atoms with Crippen molar-refractivity contribution in [3.63, 3.8) is 0 Å². The molecule has 1 aromatic carbocycles. The van der Waals surface area contributed by atoms with Gasteiger partial charge >= 0.3 is 0 Å². The van der Waals surface area contributed by atoms with Gasteiger partial charge in [-0.3, -0.25) is 4.79 Å². The van der Waals surface area contributed by atoms with E-state index in [4.69, 9.17) is 0 Å². The molecule has 2 nitrogen and oxygen atoms in total. The molecule has 0 amide bonds. The van der Waals surface area contributed by atoms with Gasteiger partial charge in [-0.15, -0.1) is 0 Å². The lowest BCUT2D eigenvalue weighted by atomic mass is 10.0. The number of Topliss-reactive ketones (excluding diaryl/α,β-unsaturated/α-hetero) is 1. The Morgan fingerprint density at radius 3 is 2.56 bits per heavy atom. The molecule has 0 bridgehead atoms. The Hall–Kier alpha value is -1.38. The number of hydrogen-bond donors (Lipinski definition) is 0. The van der Waals surface area contributed by atoms with Crippen LogP contribution in [0.25, 0.3) is 0 Å². The summed E-state index contributed by atoms with van der Waals surface area (Å²) >= 11 is 0. The summed E-state index contributed by atoms with van der Waals surface area (Å²) in [6.07, 6.45) is 3.89. The van der Waals surface area contributed by atoms with E-state index in [1.165, 1.54) is 32.3 Å². The van der Waals surface area contributed by atoms with Crippen molar-refractivity contribution < 1.29 is 9.18 Å². The van der Waals surface area contributed by atoms with Crippen molar-refractivity contribution >= 4 is 11.5 Å². The normalized spacial score (nSPS) is 26.4. The lowest BCUT2D eigenvalue weighted by Gasteiger charge is -2.22. The number of benzene rings is 1. The molecule has 0 N–H and O–H groups in total. The average molecular weight is 247 g/mol. The molecule has 96 valence electrons. The largest absolute Gasteiger partial charge is 0.370 e. The highest BCUT2D eigenvalue weighted by Gasteiger charge is 2.37. The van der Waals surface area contributed by atoms with Crippen LogP contribution in [-0.2, 0) is 0 Å². The fourth-order valence-corrected chi connectivity index (χ4v) is 3.56. The van der Waals surface area contributed by atoms with Crippen molar-refractivity contribution in [1.82, 2.24) is 0 Å². The van der Waals surface area contributed by atoms with E-state index in [9.17, 15) is 9.18 Å². The van der Waals surface area contributed by atoms with Crippen LogP contribution in [0.1, 0.15) is 36.5 Å². The topological polar surface area (TPSA) is 20.3 Å². The first-order chi connectivity index (χ1) is 8.66. The SMILES string of the molecule is CC(=O)c1c(F)cccc1N1CC2CCCC2C1. The first-order valence-electron chi connectivity index (χ1n) is 6.71. The average Bonchev–Trinajstić information content (AvgIpc) is 2.87. The number of ketones is 1. The summed E-state index contributed by atoms with van der Waals surface area (Å²) in [6.45, 7) is 3.40. The van der Waals surface area contributed by atoms with Crippen LogP contribution in [0, 0.1) is 17.7 Å². The van der Waals surface area contributed by atoms with Crippen molar-refractivity contribution in [3.8, 4) is 0 Å². The number of fused-ring (bicyclic) bond motifs is 1. The van der Waals surface area contributed by atoms with Crippen LogP contribution in [-0.4, -0.2) is 18.9 Å². The summed E-state index contributed by atoms with van der Waals surface area (Å²) in [4.78, 5) is 13.8. The second-order valence-corrected chi connectivity index (χ2v) is 5.55. The van der Waals surface area contributed by atoms with Crippen LogP contribution in [0.4, 0.5) is 10.1 Å². The molecule has 3 rings (SSSR count). The van der Waals surface area contributed by atoms with Crippen LogP contribution in [0.3, 0.4) is 0 Å². The van der Waals surface area contributed by atoms with E-state index in [2.05, 4.69) is 4.90 Å². The summed E-state index contributed by atoms with van der Waals surface area (Å²) in [5.74, 6) is 0.915. The maximum absolute atomic E-state index is 13.8. The Kier molecular flexibility index (Phi) is 2.84. The molecule has 0 aromatic heterocycles. The first kappa shape index (κ1) is 11.7. The van der Waals surface area contributed by atoms with Gasteiger partial charge < -0.3 is 4.90 Å². The molecule has 2 aliphatic rings. The van der Waals surface area contributed by atoms with E-state index in [0.717, 1.165) is 30.6 Å². The van der Waals surface area contributed by atoms with Gasteiger partial charge in [-0.1, -0.05) is 12.5 Å². The number of carbonyl (C=O) groups excluding carboxylic acids is 1. The number of hydrogen-bond acceptors (Lipinski definition) is 2. The molecule has 2 atom stereocenters. The molecule has 2 unspecified atom stereocenters. The van der Waals surface area contributed by atoms with Crippen molar-refractivity contribution in [2.45, 2.75) is 26.2 Å². The van der Waals surface area contributed by atoms with Crippen LogP contribution < -0.4 is 4.90 Å². The van der Waals surface area contributed by atoms with Gasteiger partial charge in [0.2, 0.25) is 0 Å². The van der Waals surface area contributed by atoms with Crippen molar-refractivity contribution in [3.05, 3.63) is 29.6 Å². The summed E-state index contributed by atoms with van der Waals surface area (Å²) in [7, 11) is 0. The highest BCUT2D eigenvalue weighted by Crippen LogP contribution is 2.40. The van der Waals surface area contributed by atoms with Crippen LogP contribution >= 0.6 is 0 Å². The third-order valence-corrected chi connectivity index (χ3v) is 4.41. The van der Waals surface area contributed by atoms with Gasteiger partial charge in [0.1, 0.15) is 5.82 Å². The van der Waals surface area contributed by atoms with Crippen molar-refractivity contribution in [1.29, 1.82) is 0 Å². The van der Waals surface area contributed by atoms with Crippen LogP contribution in [0.15, 0.2) is 18.2 Å². The number of halogens is 1. The minimum Gasteiger partial charge on any atom is -0.370 e. The molecule has 1 saturated heterocycles. The standard InChI is InChI=1S/C15H18FNO/c1-10(18)15-13(16)6-3-7-14(15)17-8-11-4-2-5-12(11)9-17/h3,6-7,11-12H,2,4-5,8-9H2,1H3. The fraction of sp³-hybridized carbons (Fsp3) is 0.533. The second kappa shape index (κ2) is 4.38. The Labute approximate surface area is 107 Å². The third kappa shape index (κ3) is 1.82. The Bertz CT molecular complexity index is 473. The van der Waals surface area contributed by atoms with Crippen LogP contribution in [0.5, 0.6) is 0 Å². The van der Waals surface area contributed by atoms with Gasteiger partial charge in [0.25, 0.3) is 0 Å².